The molecule has 0 spiro atoms. The van der Waals surface area contributed by atoms with Gasteiger partial charge in [0, 0.05) is 33.7 Å². The summed E-state index contributed by atoms with van der Waals surface area (Å²) in [6.45, 7) is 0.912. The van der Waals surface area contributed by atoms with Gasteiger partial charge in [-0.25, -0.2) is 0 Å². The van der Waals surface area contributed by atoms with Crippen molar-refractivity contribution in [2.75, 3.05) is 27.3 Å². The second-order valence-electron chi connectivity index (χ2n) is 3.46. The summed E-state index contributed by atoms with van der Waals surface area (Å²) in [7, 11) is 3.16. The maximum Gasteiger partial charge on any atom is 0.236 e. The summed E-state index contributed by atoms with van der Waals surface area (Å²) in [5.74, 6) is -0.326. The minimum atomic E-state index is -0.528. The van der Waals surface area contributed by atoms with E-state index in [0.717, 1.165) is 6.42 Å². The molecule has 0 radical (unpaired) electrons. The fourth-order valence-electron chi connectivity index (χ4n) is 1.13. The number of hydrogen-bond acceptors (Lipinski definition) is 4. The maximum absolute atomic E-state index is 11.4. The van der Waals surface area contributed by atoms with Crippen molar-refractivity contribution in [3.05, 3.63) is 0 Å². The van der Waals surface area contributed by atoms with Gasteiger partial charge in [-0.2, -0.15) is 0 Å². The van der Waals surface area contributed by atoms with Crippen LogP contribution in [0.1, 0.15) is 19.3 Å². The molecule has 0 rings (SSSR count). The molecule has 0 aromatic heterocycles. The van der Waals surface area contributed by atoms with E-state index >= 15 is 0 Å². The highest BCUT2D eigenvalue weighted by Crippen LogP contribution is 1.94. The molecule has 0 bridgehead atoms. The highest BCUT2D eigenvalue weighted by Gasteiger charge is 2.12. The normalized spacial score (nSPS) is 11.9. The van der Waals surface area contributed by atoms with Crippen LogP contribution in [0, 0.1) is 0 Å². The monoisotopic (exact) mass is 231 g/mol. The Morgan fingerprint density at radius 1 is 1.44 bits per heavy atom. The van der Waals surface area contributed by atoms with Gasteiger partial charge in [0.15, 0.2) is 0 Å². The fourth-order valence-corrected chi connectivity index (χ4v) is 1.13. The van der Waals surface area contributed by atoms with Crippen LogP contribution in [0.2, 0.25) is 0 Å². The summed E-state index contributed by atoms with van der Waals surface area (Å²) in [6, 6.07) is -0.528. The number of nitrogens with one attached hydrogen (secondary N) is 2. The molecule has 1 unspecified atom stereocenters. The Bertz CT molecular complexity index is 221. The first-order valence-electron chi connectivity index (χ1n) is 5.34. The molecule has 6 heteroatoms. The van der Waals surface area contributed by atoms with Gasteiger partial charge in [0.1, 0.15) is 0 Å². The van der Waals surface area contributed by atoms with Gasteiger partial charge >= 0.3 is 0 Å². The maximum atomic E-state index is 11.4. The van der Waals surface area contributed by atoms with Crippen LogP contribution in [0.5, 0.6) is 0 Å². The molecule has 0 fully saturated rings. The molecule has 0 aromatic carbocycles. The first-order chi connectivity index (χ1) is 7.61. The number of hydrogen-bond donors (Lipinski definition) is 3. The van der Waals surface area contributed by atoms with Gasteiger partial charge in [-0.3, -0.25) is 9.59 Å². The van der Waals surface area contributed by atoms with E-state index in [4.69, 9.17) is 10.5 Å². The fraction of sp³-hybridized carbons (Fsp3) is 0.800. The third-order valence-corrected chi connectivity index (χ3v) is 2.13. The number of carbonyl (C=O) groups is 2. The Morgan fingerprint density at radius 3 is 2.69 bits per heavy atom. The van der Waals surface area contributed by atoms with E-state index in [9.17, 15) is 9.59 Å². The van der Waals surface area contributed by atoms with E-state index in [1.54, 1.807) is 14.2 Å². The van der Waals surface area contributed by atoms with Crippen molar-refractivity contribution < 1.29 is 14.3 Å². The molecule has 2 amide bonds. The van der Waals surface area contributed by atoms with Crippen LogP contribution in [-0.4, -0.2) is 45.2 Å². The smallest absolute Gasteiger partial charge is 0.236 e. The first kappa shape index (κ1) is 14.9. The van der Waals surface area contributed by atoms with E-state index in [1.807, 2.05) is 0 Å². The van der Waals surface area contributed by atoms with Gasteiger partial charge < -0.3 is 21.1 Å². The average molecular weight is 231 g/mol. The predicted octanol–water partition coefficient (Wildman–Crippen LogP) is -1.01. The molecule has 0 saturated carbocycles. The lowest BCUT2D eigenvalue weighted by Gasteiger charge is -2.11. The van der Waals surface area contributed by atoms with E-state index in [2.05, 4.69) is 10.6 Å². The standard InChI is InChI=1S/C10H21N3O3/c1-12-9(14)5-6-13-10(15)8(11)4-3-7-16-2/h8H,3-7,11H2,1-2H3,(H,12,14)(H,13,15). The molecule has 4 N–H and O–H groups in total. The van der Waals surface area contributed by atoms with Gasteiger partial charge in [-0.1, -0.05) is 0 Å². The predicted molar refractivity (Wildman–Crippen MR) is 60.8 cm³/mol. The number of amides is 2. The molecule has 94 valence electrons. The van der Waals surface area contributed by atoms with Crippen LogP contribution in [0.4, 0.5) is 0 Å². The number of nitrogens with two attached hydrogens (primary N) is 1. The van der Waals surface area contributed by atoms with Crippen LogP contribution in [0.15, 0.2) is 0 Å². The van der Waals surface area contributed by atoms with Crippen molar-refractivity contribution in [2.24, 2.45) is 5.73 Å². The Labute approximate surface area is 95.9 Å². The van der Waals surface area contributed by atoms with Crippen molar-refractivity contribution in [2.45, 2.75) is 25.3 Å². The van der Waals surface area contributed by atoms with E-state index in [-0.39, 0.29) is 18.2 Å². The Hall–Kier alpha value is -1.14. The lowest BCUT2D eigenvalue weighted by atomic mass is 10.1. The minimum Gasteiger partial charge on any atom is -0.385 e. The van der Waals surface area contributed by atoms with Gasteiger partial charge in [0.25, 0.3) is 0 Å². The molecule has 16 heavy (non-hydrogen) atoms. The van der Waals surface area contributed by atoms with Crippen molar-refractivity contribution >= 4 is 11.8 Å². The lowest BCUT2D eigenvalue weighted by Crippen LogP contribution is -2.41. The van der Waals surface area contributed by atoms with Gasteiger partial charge in [0.2, 0.25) is 11.8 Å². The van der Waals surface area contributed by atoms with Gasteiger partial charge in [-0.05, 0) is 12.8 Å². The molecule has 0 aliphatic heterocycles. The van der Waals surface area contributed by atoms with Gasteiger partial charge in [0.05, 0.1) is 6.04 Å². The highest BCUT2D eigenvalue weighted by atomic mass is 16.5. The number of methoxy groups -OCH3 is 1. The lowest BCUT2D eigenvalue weighted by molar-refractivity contribution is -0.123. The summed E-state index contributed by atoms with van der Waals surface area (Å²) in [6.07, 6.45) is 1.60. The summed E-state index contributed by atoms with van der Waals surface area (Å²) in [4.78, 5) is 22.3. The molecule has 0 aliphatic carbocycles. The zero-order valence-electron chi connectivity index (χ0n) is 9.91. The molecule has 0 aliphatic rings. The van der Waals surface area contributed by atoms with Crippen LogP contribution >= 0.6 is 0 Å². The Kier molecular flexibility index (Phi) is 8.46. The third kappa shape index (κ3) is 7.19. The van der Waals surface area contributed by atoms with Crippen molar-refractivity contribution in [3.63, 3.8) is 0 Å². The third-order valence-electron chi connectivity index (χ3n) is 2.13. The molecular formula is C10H21N3O3. The second kappa shape index (κ2) is 9.11. The first-order valence-corrected chi connectivity index (χ1v) is 5.34. The molecule has 1 atom stereocenters. The summed E-state index contributed by atoms with van der Waals surface area (Å²) < 4.78 is 4.86. The zero-order valence-corrected chi connectivity index (χ0v) is 9.91. The van der Waals surface area contributed by atoms with Crippen LogP contribution in [-0.2, 0) is 14.3 Å². The van der Waals surface area contributed by atoms with Crippen LogP contribution < -0.4 is 16.4 Å². The molecule has 0 aromatic rings. The molecule has 6 nitrogen and oxygen atoms in total. The highest BCUT2D eigenvalue weighted by molar-refractivity contribution is 5.82. The number of rotatable bonds is 8. The Morgan fingerprint density at radius 2 is 2.12 bits per heavy atom. The SMILES string of the molecule is CNC(=O)CCNC(=O)C(N)CCCOC. The molecule has 0 heterocycles. The second-order valence-corrected chi connectivity index (χ2v) is 3.46. The quantitative estimate of drug-likeness (QED) is 0.467. The number of carbonyl (C=O) groups excluding carboxylic acids is 2. The summed E-state index contributed by atoms with van der Waals surface area (Å²) in [5.41, 5.74) is 5.64. The van der Waals surface area contributed by atoms with E-state index in [1.165, 1.54) is 0 Å². The van der Waals surface area contributed by atoms with Crippen molar-refractivity contribution in [1.29, 1.82) is 0 Å². The van der Waals surface area contributed by atoms with E-state index in [0.29, 0.717) is 19.6 Å². The Balaban J connectivity index is 3.58. The van der Waals surface area contributed by atoms with Gasteiger partial charge in [-0.15, -0.1) is 0 Å². The van der Waals surface area contributed by atoms with Crippen LogP contribution in [0.3, 0.4) is 0 Å². The van der Waals surface area contributed by atoms with Crippen LogP contribution in [0.25, 0.3) is 0 Å². The topological polar surface area (TPSA) is 93.5 Å². The molecular weight excluding hydrogens is 210 g/mol. The summed E-state index contributed by atoms with van der Waals surface area (Å²) >= 11 is 0. The average Bonchev–Trinajstić information content (AvgIpc) is 2.28. The largest absolute Gasteiger partial charge is 0.385 e. The van der Waals surface area contributed by atoms with Crippen molar-refractivity contribution in [3.8, 4) is 0 Å². The van der Waals surface area contributed by atoms with E-state index < -0.39 is 6.04 Å². The minimum absolute atomic E-state index is 0.103. The number of ether oxygens (including phenoxy) is 1. The van der Waals surface area contributed by atoms with Crippen molar-refractivity contribution in [1.82, 2.24) is 10.6 Å². The molecule has 0 saturated heterocycles. The zero-order chi connectivity index (χ0) is 12.4. The summed E-state index contributed by atoms with van der Waals surface area (Å²) in [5, 5.41) is 5.08.